The maximum atomic E-state index is 14.0. The molecule has 0 spiro atoms. The first-order chi connectivity index (χ1) is 18.8. The molecule has 3 unspecified atom stereocenters. The molecule has 4 heterocycles. The van der Waals surface area contributed by atoms with Gasteiger partial charge in [-0.05, 0) is 42.5 Å². The van der Waals surface area contributed by atoms with E-state index in [1.165, 1.54) is 16.7 Å². The SMILES string of the molecule is O=C(COc1ccc(Br)cc1C1c2sc(=O)[nH]c2SC2C(=O)N(c3ccc(Cl)cc3)C(=O)C21)N1CCOCC1. The quantitative estimate of drug-likeness (QED) is 0.418. The first-order valence-electron chi connectivity index (χ1n) is 12.1. The number of thiazole rings is 1. The highest BCUT2D eigenvalue weighted by Crippen LogP contribution is 2.54. The standard InChI is InChI=1S/C26H21BrClN3O6S2/c27-13-1-6-17(37-12-18(32)30-7-9-36-10-8-30)16(11-13)19-20-22(38-23-21(19)39-26(35)29-23)25(34)31(24(20)33)15-4-2-14(28)3-5-15/h1-6,11,19-20,22H,7-10,12H2,(H,29,35). The number of aromatic nitrogens is 1. The maximum absolute atomic E-state index is 14.0. The number of fused-ring (bicyclic) bond motifs is 2. The van der Waals surface area contributed by atoms with Crippen molar-refractivity contribution >= 4 is 74.0 Å². The van der Waals surface area contributed by atoms with E-state index >= 15 is 0 Å². The second-order valence-corrected chi connectivity index (χ2v) is 12.7. The van der Waals surface area contributed by atoms with Crippen molar-refractivity contribution in [2.75, 3.05) is 37.8 Å². The van der Waals surface area contributed by atoms with Crippen LogP contribution in [-0.2, 0) is 19.1 Å². The monoisotopic (exact) mass is 649 g/mol. The number of carbonyl (C=O) groups excluding carboxylic acids is 3. The second kappa shape index (κ2) is 10.7. The highest BCUT2D eigenvalue weighted by Gasteiger charge is 2.56. The smallest absolute Gasteiger partial charge is 0.305 e. The lowest BCUT2D eigenvalue weighted by molar-refractivity contribution is -0.137. The Bertz CT molecular complexity index is 1520. The number of thioether (sulfide) groups is 1. The minimum Gasteiger partial charge on any atom is -0.483 e. The first-order valence-corrected chi connectivity index (χ1v) is 15.0. The van der Waals surface area contributed by atoms with Crippen LogP contribution in [0.15, 0.2) is 56.8 Å². The summed E-state index contributed by atoms with van der Waals surface area (Å²) in [7, 11) is 0. The van der Waals surface area contributed by atoms with Gasteiger partial charge < -0.3 is 19.4 Å². The fourth-order valence-corrected chi connectivity index (χ4v) is 8.14. The number of aromatic amines is 1. The van der Waals surface area contributed by atoms with Crippen LogP contribution in [0.3, 0.4) is 0 Å². The van der Waals surface area contributed by atoms with Gasteiger partial charge in [0.1, 0.15) is 11.0 Å². The van der Waals surface area contributed by atoms with Crippen LogP contribution in [-0.4, -0.2) is 65.8 Å². The van der Waals surface area contributed by atoms with Crippen LogP contribution in [0, 0.1) is 5.92 Å². The molecule has 3 atom stereocenters. The van der Waals surface area contributed by atoms with E-state index in [0.29, 0.717) is 58.2 Å². The van der Waals surface area contributed by atoms with Crippen molar-refractivity contribution < 1.29 is 23.9 Å². The van der Waals surface area contributed by atoms with Gasteiger partial charge in [0.2, 0.25) is 11.8 Å². The van der Waals surface area contributed by atoms with Gasteiger partial charge in [-0.2, -0.15) is 0 Å². The highest BCUT2D eigenvalue weighted by molar-refractivity contribution is 9.10. The van der Waals surface area contributed by atoms with Crippen LogP contribution in [0.1, 0.15) is 16.4 Å². The number of anilines is 1. The van der Waals surface area contributed by atoms with Crippen molar-refractivity contribution in [1.82, 2.24) is 9.88 Å². The summed E-state index contributed by atoms with van der Waals surface area (Å²) >= 11 is 11.8. The Morgan fingerprint density at radius 1 is 1.10 bits per heavy atom. The highest BCUT2D eigenvalue weighted by atomic mass is 79.9. The molecule has 0 bridgehead atoms. The number of rotatable bonds is 5. The van der Waals surface area contributed by atoms with E-state index in [1.807, 2.05) is 6.07 Å². The summed E-state index contributed by atoms with van der Waals surface area (Å²) in [6.07, 6.45) is 0. The zero-order valence-corrected chi connectivity index (χ0v) is 24.2. The van der Waals surface area contributed by atoms with Crippen molar-refractivity contribution in [2.24, 2.45) is 5.92 Å². The lowest BCUT2D eigenvalue weighted by Crippen LogP contribution is -2.43. The summed E-state index contributed by atoms with van der Waals surface area (Å²) < 4.78 is 12.1. The number of ether oxygens (including phenoxy) is 2. The molecule has 1 aromatic heterocycles. The van der Waals surface area contributed by atoms with Crippen LogP contribution < -0.4 is 14.5 Å². The topological polar surface area (TPSA) is 109 Å². The predicted octanol–water partition coefficient (Wildman–Crippen LogP) is 3.89. The van der Waals surface area contributed by atoms with Gasteiger partial charge >= 0.3 is 4.87 Å². The number of hydrogen-bond donors (Lipinski definition) is 1. The Kier molecular flexibility index (Phi) is 7.32. The summed E-state index contributed by atoms with van der Waals surface area (Å²) in [6, 6.07) is 11.9. The third kappa shape index (κ3) is 4.93. The lowest BCUT2D eigenvalue weighted by atomic mass is 9.82. The van der Waals surface area contributed by atoms with Gasteiger partial charge in [0.05, 0.1) is 29.8 Å². The third-order valence-corrected chi connectivity index (χ3v) is 10.1. The Hall–Kier alpha value is -2.64. The lowest BCUT2D eigenvalue weighted by Gasteiger charge is -2.31. The van der Waals surface area contributed by atoms with Crippen LogP contribution in [0.5, 0.6) is 5.75 Å². The fourth-order valence-electron chi connectivity index (χ4n) is 5.13. The molecule has 202 valence electrons. The third-order valence-electron chi connectivity index (χ3n) is 6.93. The van der Waals surface area contributed by atoms with Crippen molar-refractivity contribution in [3.05, 3.63) is 72.1 Å². The van der Waals surface area contributed by atoms with E-state index in [-0.39, 0.29) is 29.2 Å². The molecule has 2 fully saturated rings. The number of hydrogen-bond acceptors (Lipinski definition) is 8. The number of benzene rings is 2. The summed E-state index contributed by atoms with van der Waals surface area (Å²) in [5.74, 6) is -1.92. The minimum atomic E-state index is -0.788. The Balaban J connectivity index is 1.39. The summed E-state index contributed by atoms with van der Waals surface area (Å²) in [6.45, 7) is 1.76. The predicted molar refractivity (Wildman–Crippen MR) is 151 cm³/mol. The normalized spacial score (nSPS) is 22.6. The van der Waals surface area contributed by atoms with Gasteiger partial charge in [0, 0.05) is 38.9 Å². The largest absolute Gasteiger partial charge is 0.483 e. The van der Waals surface area contributed by atoms with E-state index in [2.05, 4.69) is 20.9 Å². The number of morpholine rings is 1. The van der Waals surface area contributed by atoms with Gasteiger partial charge in [-0.3, -0.25) is 19.2 Å². The van der Waals surface area contributed by atoms with Gasteiger partial charge in [-0.25, -0.2) is 4.90 Å². The van der Waals surface area contributed by atoms with Crippen molar-refractivity contribution in [1.29, 1.82) is 0 Å². The average molecular weight is 651 g/mol. The van der Waals surface area contributed by atoms with Crippen molar-refractivity contribution in [2.45, 2.75) is 16.2 Å². The number of H-pyrrole nitrogens is 1. The van der Waals surface area contributed by atoms with Crippen LogP contribution in [0.25, 0.3) is 0 Å². The zero-order valence-electron chi connectivity index (χ0n) is 20.2. The van der Waals surface area contributed by atoms with Gasteiger partial charge in [0.15, 0.2) is 6.61 Å². The molecule has 2 saturated heterocycles. The molecule has 3 amide bonds. The molecule has 2 aromatic carbocycles. The van der Waals surface area contributed by atoms with Gasteiger partial charge in [0.25, 0.3) is 5.91 Å². The number of halogens is 2. The average Bonchev–Trinajstić information content (AvgIpc) is 3.43. The van der Waals surface area contributed by atoms with Crippen molar-refractivity contribution in [3.63, 3.8) is 0 Å². The van der Waals surface area contributed by atoms with E-state index < -0.39 is 17.1 Å². The summed E-state index contributed by atoms with van der Waals surface area (Å²) in [5, 5.41) is 0.299. The molecular weight excluding hydrogens is 630 g/mol. The Morgan fingerprint density at radius 3 is 2.59 bits per heavy atom. The van der Waals surface area contributed by atoms with E-state index in [1.54, 1.807) is 41.3 Å². The first kappa shape index (κ1) is 26.6. The summed E-state index contributed by atoms with van der Waals surface area (Å²) in [5.41, 5.74) is 1.05. The second-order valence-electron chi connectivity index (χ2n) is 9.20. The van der Waals surface area contributed by atoms with Gasteiger partial charge in [-0.1, -0.05) is 50.6 Å². The number of nitrogens with one attached hydrogen (secondary N) is 1. The summed E-state index contributed by atoms with van der Waals surface area (Å²) in [4.78, 5) is 58.9. The van der Waals surface area contributed by atoms with E-state index in [4.69, 9.17) is 21.1 Å². The minimum absolute atomic E-state index is 0.169. The molecule has 1 N–H and O–H groups in total. The van der Waals surface area contributed by atoms with Crippen LogP contribution in [0.2, 0.25) is 5.02 Å². The van der Waals surface area contributed by atoms with Crippen LogP contribution in [0.4, 0.5) is 5.69 Å². The number of carbonyl (C=O) groups is 3. The molecular formula is C26H21BrClN3O6S2. The fraction of sp³-hybridized carbons (Fsp3) is 0.308. The van der Waals surface area contributed by atoms with Crippen LogP contribution >= 0.6 is 50.6 Å². The molecule has 0 aliphatic carbocycles. The molecule has 0 radical (unpaired) electrons. The number of imide groups is 1. The molecule has 3 aliphatic heterocycles. The van der Waals surface area contributed by atoms with Crippen molar-refractivity contribution in [3.8, 4) is 5.75 Å². The van der Waals surface area contributed by atoms with E-state index in [9.17, 15) is 19.2 Å². The molecule has 3 aliphatic rings. The van der Waals surface area contributed by atoms with Gasteiger partial charge in [-0.15, -0.1) is 0 Å². The molecule has 6 rings (SSSR count). The Labute approximate surface area is 244 Å². The Morgan fingerprint density at radius 2 is 1.85 bits per heavy atom. The van der Waals surface area contributed by atoms with E-state index in [0.717, 1.165) is 15.8 Å². The molecule has 3 aromatic rings. The molecule has 13 heteroatoms. The number of amides is 3. The zero-order chi connectivity index (χ0) is 27.3. The molecule has 39 heavy (non-hydrogen) atoms. The molecule has 9 nitrogen and oxygen atoms in total. The molecule has 0 saturated carbocycles. The maximum Gasteiger partial charge on any atom is 0.305 e. The number of nitrogens with zero attached hydrogens (tertiary/aromatic N) is 2.